The van der Waals surface area contributed by atoms with Crippen LogP contribution in [0.3, 0.4) is 0 Å². The fraction of sp³-hybridized carbons (Fsp3) is 0.500. The highest BCUT2D eigenvalue weighted by Crippen LogP contribution is 2.19. The summed E-state index contributed by atoms with van der Waals surface area (Å²) in [5, 5.41) is 3.11. The van der Waals surface area contributed by atoms with Crippen LogP contribution in [0.5, 0.6) is 0 Å². The molecule has 1 heterocycles. The van der Waals surface area contributed by atoms with Crippen molar-refractivity contribution in [3.05, 3.63) is 24.0 Å². The average molecular weight is 336 g/mol. The van der Waals surface area contributed by atoms with Crippen LogP contribution in [-0.2, 0) is 19.9 Å². The molecule has 0 aromatic heterocycles. The molecule has 0 amide bonds. The van der Waals surface area contributed by atoms with E-state index >= 15 is 0 Å². The number of sulfone groups is 1. The summed E-state index contributed by atoms with van der Waals surface area (Å²) in [6.45, 7) is 1.43. The van der Waals surface area contributed by atoms with Crippen molar-refractivity contribution in [2.24, 2.45) is 0 Å². The maximum absolute atomic E-state index is 13.8. The molecule has 118 valence electrons. The van der Waals surface area contributed by atoms with Crippen LogP contribution in [-0.4, -0.2) is 42.2 Å². The lowest BCUT2D eigenvalue weighted by molar-refractivity contribution is 0.427. The van der Waals surface area contributed by atoms with Crippen LogP contribution in [0.2, 0.25) is 0 Å². The summed E-state index contributed by atoms with van der Waals surface area (Å²) in [4.78, 5) is -0.783. The van der Waals surface area contributed by atoms with Gasteiger partial charge in [-0.25, -0.2) is 25.9 Å². The molecule has 1 aliphatic rings. The smallest absolute Gasteiger partial charge is 0.240 e. The van der Waals surface area contributed by atoms with Crippen molar-refractivity contribution in [1.29, 1.82) is 0 Å². The maximum atomic E-state index is 13.8. The van der Waals surface area contributed by atoms with E-state index in [0.717, 1.165) is 24.5 Å². The number of rotatable bonds is 4. The fourth-order valence-electron chi connectivity index (χ4n) is 2.18. The van der Waals surface area contributed by atoms with Crippen molar-refractivity contribution in [3.8, 4) is 0 Å². The van der Waals surface area contributed by atoms with E-state index in [1.807, 2.05) is 0 Å². The molecule has 6 nitrogen and oxygen atoms in total. The van der Waals surface area contributed by atoms with Crippen molar-refractivity contribution in [1.82, 2.24) is 10.0 Å². The van der Waals surface area contributed by atoms with Gasteiger partial charge in [-0.05, 0) is 44.1 Å². The lowest BCUT2D eigenvalue weighted by Crippen LogP contribution is -2.42. The molecule has 2 N–H and O–H groups in total. The number of hydrogen-bond donors (Lipinski definition) is 2. The second-order valence-corrected chi connectivity index (χ2v) is 8.71. The lowest BCUT2D eigenvalue weighted by atomic mass is 10.1. The number of piperidine rings is 1. The Bertz CT molecular complexity index is 726. The van der Waals surface area contributed by atoms with Crippen molar-refractivity contribution in [2.45, 2.75) is 28.7 Å². The van der Waals surface area contributed by atoms with Gasteiger partial charge >= 0.3 is 0 Å². The van der Waals surface area contributed by atoms with Gasteiger partial charge in [0.05, 0.1) is 4.90 Å². The minimum absolute atomic E-state index is 0.200. The molecule has 2 rings (SSSR count). The number of halogens is 1. The van der Waals surface area contributed by atoms with Gasteiger partial charge in [0.15, 0.2) is 9.84 Å². The highest BCUT2D eigenvalue weighted by atomic mass is 32.2. The van der Waals surface area contributed by atoms with Crippen LogP contribution in [0.1, 0.15) is 12.8 Å². The van der Waals surface area contributed by atoms with Gasteiger partial charge in [0.1, 0.15) is 10.7 Å². The van der Waals surface area contributed by atoms with Crippen LogP contribution in [0.15, 0.2) is 28.0 Å². The maximum Gasteiger partial charge on any atom is 0.240 e. The fourth-order valence-corrected chi connectivity index (χ4v) is 4.22. The molecule has 1 fully saturated rings. The monoisotopic (exact) mass is 336 g/mol. The van der Waals surface area contributed by atoms with Crippen molar-refractivity contribution in [3.63, 3.8) is 0 Å². The summed E-state index contributed by atoms with van der Waals surface area (Å²) in [6, 6.07) is 2.61. The Balaban J connectivity index is 2.26. The van der Waals surface area contributed by atoms with Crippen LogP contribution >= 0.6 is 0 Å². The second-order valence-electron chi connectivity index (χ2n) is 5.01. The van der Waals surface area contributed by atoms with Crippen molar-refractivity contribution >= 4 is 19.9 Å². The molecule has 0 spiro atoms. The predicted molar refractivity (Wildman–Crippen MR) is 75.7 cm³/mol. The van der Waals surface area contributed by atoms with Crippen molar-refractivity contribution < 1.29 is 21.2 Å². The van der Waals surface area contributed by atoms with Crippen LogP contribution in [0.4, 0.5) is 4.39 Å². The second kappa shape index (κ2) is 5.99. The summed E-state index contributed by atoms with van der Waals surface area (Å²) in [6.07, 6.45) is 2.18. The molecular weight excluding hydrogens is 319 g/mol. The SMILES string of the molecule is CS(=O)(=O)c1ccc(S(=O)(=O)NC2CCNCC2)cc1F. The summed E-state index contributed by atoms with van der Waals surface area (Å²) >= 11 is 0. The van der Waals surface area contributed by atoms with E-state index in [1.54, 1.807) is 0 Å². The van der Waals surface area contributed by atoms with Gasteiger partial charge < -0.3 is 5.32 Å². The molecule has 1 aromatic carbocycles. The van der Waals surface area contributed by atoms with E-state index in [1.165, 1.54) is 0 Å². The summed E-state index contributed by atoms with van der Waals surface area (Å²) in [5.41, 5.74) is 0. The third kappa shape index (κ3) is 4.00. The molecule has 0 aliphatic carbocycles. The van der Waals surface area contributed by atoms with Crippen LogP contribution < -0.4 is 10.0 Å². The predicted octanol–water partition coefficient (Wildman–Crippen LogP) is 0.259. The zero-order valence-electron chi connectivity index (χ0n) is 11.5. The first kappa shape index (κ1) is 16.3. The van der Waals surface area contributed by atoms with Gasteiger partial charge in [-0.15, -0.1) is 0 Å². The summed E-state index contributed by atoms with van der Waals surface area (Å²) in [5.74, 6) is -1.06. The van der Waals surface area contributed by atoms with Crippen LogP contribution in [0.25, 0.3) is 0 Å². The molecule has 1 saturated heterocycles. The number of sulfonamides is 1. The number of hydrogen-bond acceptors (Lipinski definition) is 5. The first-order valence-electron chi connectivity index (χ1n) is 6.43. The van der Waals surface area contributed by atoms with E-state index < -0.39 is 30.6 Å². The van der Waals surface area contributed by atoms with Crippen LogP contribution in [0, 0.1) is 5.82 Å². The average Bonchev–Trinajstić information content (AvgIpc) is 2.37. The van der Waals surface area contributed by atoms with E-state index in [-0.39, 0.29) is 10.9 Å². The lowest BCUT2D eigenvalue weighted by Gasteiger charge is -2.23. The van der Waals surface area contributed by atoms with E-state index in [0.29, 0.717) is 25.9 Å². The molecular formula is C12H17FN2O4S2. The number of benzene rings is 1. The quantitative estimate of drug-likeness (QED) is 0.823. The third-order valence-corrected chi connectivity index (χ3v) is 5.92. The standard InChI is InChI=1S/C12H17FN2O4S2/c1-20(16,17)12-3-2-10(8-11(12)13)21(18,19)15-9-4-6-14-7-5-9/h2-3,8-9,14-15H,4-7H2,1H3. The Morgan fingerprint density at radius 3 is 2.33 bits per heavy atom. The minimum Gasteiger partial charge on any atom is -0.317 e. The Kier molecular flexibility index (Phi) is 4.66. The van der Waals surface area contributed by atoms with E-state index in [4.69, 9.17) is 0 Å². The molecule has 0 unspecified atom stereocenters. The molecule has 0 saturated carbocycles. The van der Waals surface area contributed by atoms with Gasteiger partial charge in [-0.3, -0.25) is 0 Å². The molecule has 0 atom stereocenters. The minimum atomic E-state index is -3.86. The van der Waals surface area contributed by atoms with Gasteiger partial charge in [0.2, 0.25) is 10.0 Å². The van der Waals surface area contributed by atoms with Gasteiger partial charge in [-0.2, -0.15) is 0 Å². The molecule has 9 heteroatoms. The molecule has 0 radical (unpaired) electrons. The highest BCUT2D eigenvalue weighted by molar-refractivity contribution is 7.90. The highest BCUT2D eigenvalue weighted by Gasteiger charge is 2.23. The zero-order valence-corrected chi connectivity index (χ0v) is 13.1. The molecule has 1 aliphatic heterocycles. The zero-order chi connectivity index (χ0) is 15.7. The molecule has 0 bridgehead atoms. The first-order valence-corrected chi connectivity index (χ1v) is 9.80. The van der Waals surface area contributed by atoms with Gasteiger partial charge in [0.25, 0.3) is 0 Å². The van der Waals surface area contributed by atoms with E-state index in [2.05, 4.69) is 10.0 Å². The first-order chi connectivity index (χ1) is 9.70. The topological polar surface area (TPSA) is 92.3 Å². The van der Waals surface area contributed by atoms with Gasteiger partial charge in [0, 0.05) is 12.3 Å². The normalized spacial score (nSPS) is 17.8. The Hall–Kier alpha value is -1.03. The molecule has 1 aromatic rings. The Morgan fingerprint density at radius 2 is 1.81 bits per heavy atom. The molecule has 21 heavy (non-hydrogen) atoms. The van der Waals surface area contributed by atoms with E-state index in [9.17, 15) is 21.2 Å². The Morgan fingerprint density at radius 1 is 1.19 bits per heavy atom. The summed E-state index contributed by atoms with van der Waals surface area (Å²) < 4.78 is 63.3. The summed E-state index contributed by atoms with van der Waals surface area (Å²) in [7, 11) is -7.58. The van der Waals surface area contributed by atoms with Gasteiger partial charge in [-0.1, -0.05) is 0 Å². The number of nitrogens with one attached hydrogen (secondary N) is 2. The third-order valence-electron chi connectivity index (χ3n) is 3.27. The largest absolute Gasteiger partial charge is 0.317 e. The Labute approximate surface area is 123 Å². The van der Waals surface area contributed by atoms with Crippen molar-refractivity contribution in [2.75, 3.05) is 19.3 Å².